The lowest BCUT2D eigenvalue weighted by molar-refractivity contribution is 0.379. The maximum absolute atomic E-state index is 13.1. The van der Waals surface area contributed by atoms with E-state index in [1.54, 1.807) is 26.0 Å². The van der Waals surface area contributed by atoms with Crippen LogP contribution in [-0.4, -0.2) is 10.1 Å². The Labute approximate surface area is 97.2 Å². The highest BCUT2D eigenvalue weighted by Gasteiger charge is 2.13. The highest BCUT2D eigenvalue weighted by molar-refractivity contribution is 6.20. The highest BCUT2D eigenvalue weighted by atomic mass is 35.5. The molecule has 0 aliphatic rings. The molecule has 0 aliphatic carbocycles. The molecule has 0 unspecified atom stereocenters. The van der Waals surface area contributed by atoms with Gasteiger partial charge in [-0.25, -0.2) is 4.39 Å². The Morgan fingerprint density at radius 1 is 1.44 bits per heavy atom. The van der Waals surface area contributed by atoms with Gasteiger partial charge in [0.1, 0.15) is 11.2 Å². The second-order valence-electron chi connectivity index (χ2n) is 3.54. The van der Waals surface area contributed by atoms with Crippen molar-refractivity contribution in [2.75, 3.05) is 0 Å². The van der Waals surface area contributed by atoms with Crippen molar-refractivity contribution in [3.05, 3.63) is 35.5 Å². The van der Waals surface area contributed by atoms with Crippen LogP contribution in [0.1, 0.15) is 23.8 Å². The van der Waals surface area contributed by atoms with E-state index >= 15 is 0 Å². The van der Waals surface area contributed by atoms with Crippen molar-refractivity contribution < 1.29 is 8.91 Å². The molecule has 0 amide bonds. The largest absolute Gasteiger partial charge is 0.337 e. The summed E-state index contributed by atoms with van der Waals surface area (Å²) in [6, 6.07) is 4.66. The molecular weight excluding hydrogens is 231 g/mol. The monoisotopic (exact) mass is 240 g/mol. The third kappa shape index (κ3) is 2.07. The number of alkyl halides is 1. The van der Waals surface area contributed by atoms with E-state index in [-0.39, 0.29) is 11.2 Å². The minimum absolute atomic E-state index is 0.252. The van der Waals surface area contributed by atoms with Crippen LogP contribution in [0.3, 0.4) is 0 Å². The van der Waals surface area contributed by atoms with Crippen LogP contribution < -0.4 is 0 Å². The third-order valence-corrected chi connectivity index (χ3v) is 2.38. The van der Waals surface area contributed by atoms with E-state index in [0.29, 0.717) is 22.8 Å². The molecule has 0 radical (unpaired) electrons. The Kier molecular flexibility index (Phi) is 2.92. The lowest BCUT2D eigenvalue weighted by Crippen LogP contribution is -1.87. The fourth-order valence-corrected chi connectivity index (χ4v) is 1.39. The third-order valence-electron chi connectivity index (χ3n) is 2.20. The summed E-state index contributed by atoms with van der Waals surface area (Å²) in [6.45, 7) is 3.43. The van der Waals surface area contributed by atoms with Crippen molar-refractivity contribution >= 4 is 11.6 Å². The lowest BCUT2D eigenvalue weighted by atomic mass is 10.1. The maximum atomic E-state index is 13.1. The van der Waals surface area contributed by atoms with Crippen LogP contribution in [0.2, 0.25) is 0 Å². The van der Waals surface area contributed by atoms with Crippen LogP contribution in [0.25, 0.3) is 11.4 Å². The number of hydrogen-bond donors (Lipinski definition) is 0. The Balaban J connectivity index is 2.39. The Bertz CT molecular complexity index is 510. The van der Waals surface area contributed by atoms with Gasteiger partial charge in [-0.3, -0.25) is 0 Å². The molecule has 1 atom stereocenters. The quantitative estimate of drug-likeness (QED) is 0.755. The average molecular weight is 241 g/mol. The molecule has 0 spiro atoms. The molecule has 0 saturated carbocycles. The van der Waals surface area contributed by atoms with Gasteiger partial charge in [0.15, 0.2) is 0 Å². The Hall–Kier alpha value is -1.42. The lowest BCUT2D eigenvalue weighted by Gasteiger charge is -1.98. The van der Waals surface area contributed by atoms with Crippen LogP contribution in [0.15, 0.2) is 22.7 Å². The van der Waals surface area contributed by atoms with E-state index in [1.807, 2.05) is 0 Å². The van der Waals surface area contributed by atoms with Crippen LogP contribution in [0.4, 0.5) is 4.39 Å². The summed E-state index contributed by atoms with van der Waals surface area (Å²) in [5, 5.41) is 3.45. The molecule has 1 aromatic heterocycles. The van der Waals surface area contributed by atoms with E-state index in [2.05, 4.69) is 10.1 Å². The van der Waals surface area contributed by atoms with Gasteiger partial charge >= 0.3 is 0 Å². The molecule has 0 aliphatic heterocycles. The molecule has 2 aromatic rings. The van der Waals surface area contributed by atoms with E-state index < -0.39 is 0 Å². The SMILES string of the molecule is Cc1cc(-c2noc([C@@H](C)Cl)n2)ccc1F. The molecule has 2 rings (SSSR count). The highest BCUT2D eigenvalue weighted by Crippen LogP contribution is 2.23. The zero-order valence-electron chi connectivity index (χ0n) is 8.87. The standard InChI is InChI=1S/C11H10ClFN2O/c1-6-5-8(3-4-9(6)13)10-14-11(7(2)12)16-15-10/h3-5,7H,1-2H3/t7-/m1/s1. The summed E-state index contributed by atoms with van der Waals surface area (Å²) in [5.41, 5.74) is 1.26. The van der Waals surface area contributed by atoms with E-state index in [0.717, 1.165) is 0 Å². The van der Waals surface area contributed by atoms with Gasteiger partial charge in [0.05, 0.1) is 0 Å². The van der Waals surface area contributed by atoms with E-state index in [9.17, 15) is 4.39 Å². The smallest absolute Gasteiger partial charge is 0.244 e. The van der Waals surface area contributed by atoms with Crippen molar-refractivity contribution in [1.29, 1.82) is 0 Å². The summed E-state index contributed by atoms with van der Waals surface area (Å²) in [7, 11) is 0. The van der Waals surface area contributed by atoms with Crippen molar-refractivity contribution in [2.24, 2.45) is 0 Å². The number of halogens is 2. The van der Waals surface area contributed by atoms with Crippen molar-refractivity contribution in [3.8, 4) is 11.4 Å². The van der Waals surface area contributed by atoms with Gasteiger partial charge in [-0.05, 0) is 37.6 Å². The summed E-state index contributed by atoms with van der Waals surface area (Å²) in [5.74, 6) is 0.530. The number of hydrogen-bond acceptors (Lipinski definition) is 3. The topological polar surface area (TPSA) is 38.9 Å². The summed E-state index contributed by atoms with van der Waals surface area (Å²) in [4.78, 5) is 4.12. The second kappa shape index (κ2) is 4.22. The minimum Gasteiger partial charge on any atom is -0.337 e. The number of aromatic nitrogens is 2. The van der Waals surface area contributed by atoms with Crippen molar-refractivity contribution in [2.45, 2.75) is 19.2 Å². The molecule has 0 fully saturated rings. The molecule has 3 nitrogen and oxygen atoms in total. The first-order valence-electron chi connectivity index (χ1n) is 4.82. The molecule has 0 bridgehead atoms. The first-order chi connectivity index (χ1) is 7.58. The fourth-order valence-electron chi connectivity index (χ4n) is 1.30. The predicted molar refractivity (Wildman–Crippen MR) is 58.7 cm³/mol. The van der Waals surface area contributed by atoms with E-state index in [4.69, 9.17) is 16.1 Å². The zero-order chi connectivity index (χ0) is 11.7. The average Bonchev–Trinajstić information content (AvgIpc) is 2.71. The normalized spacial score (nSPS) is 12.8. The first-order valence-corrected chi connectivity index (χ1v) is 5.26. The molecule has 5 heteroatoms. The van der Waals surface area contributed by atoms with Crippen LogP contribution in [0.5, 0.6) is 0 Å². The van der Waals surface area contributed by atoms with Crippen LogP contribution in [-0.2, 0) is 0 Å². The molecular formula is C11H10ClFN2O. The van der Waals surface area contributed by atoms with Gasteiger partial charge in [-0.2, -0.15) is 4.98 Å². The van der Waals surface area contributed by atoms with Gasteiger partial charge in [0, 0.05) is 5.56 Å². The Morgan fingerprint density at radius 3 is 2.75 bits per heavy atom. The predicted octanol–water partition coefficient (Wildman–Crippen LogP) is 3.48. The second-order valence-corrected chi connectivity index (χ2v) is 4.19. The van der Waals surface area contributed by atoms with Crippen molar-refractivity contribution in [1.82, 2.24) is 10.1 Å². The fraction of sp³-hybridized carbons (Fsp3) is 0.273. The van der Waals surface area contributed by atoms with E-state index in [1.165, 1.54) is 6.07 Å². The first kappa shape index (κ1) is 11.1. The summed E-state index contributed by atoms with van der Waals surface area (Å²) < 4.78 is 18.0. The molecule has 1 heterocycles. The minimum atomic E-state index is -0.331. The zero-order valence-corrected chi connectivity index (χ0v) is 9.62. The maximum Gasteiger partial charge on any atom is 0.244 e. The molecule has 0 N–H and O–H groups in total. The number of benzene rings is 1. The molecule has 84 valence electrons. The molecule has 16 heavy (non-hydrogen) atoms. The Morgan fingerprint density at radius 2 is 2.19 bits per heavy atom. The van der Waals surface area contributed by atoms with Gasteiger partial charge in [-0.1, -0.05) is 5.16 Å². The van der Waals surface area contributed by atoms with Gasteiger partial charge in [-0.15, -0.1) is 11.6 Å². The van der Waals surface area contributed by atoms with Crippen LogP contribution >= 0.6 is 11.6 Å². The van der Waals surface area contributed by atoms with Crippen LogP contribution in [0, 0.1) is 12.7 Å². The number of nitrogens with zero attached hydrogens (tertiary/aromatic N) is 2. The number of aryl methyl sites for hydroxylation is 1. The molecule has 1 aromatic carbocycles. The molecule has 0 saturated heterocycles. The summed E-state index contributed by atoms with van der Waals surface area (Å²) in [6.07, 6.45) is 0. The van der Waals surface area contributed by atoms with Gasteiger partial charge in [0.25, 0.3) is 0 Å². The number of rotatable bonds is 2. The van der Waals surface area contributed by atoms with Gasteiger partial charge in [0.2, 0.25) is 11.7 Å². The van der Waals surface area contributed by atoms with Crippen molar-refractivity contribution in [3.63, 3.8) is 0 Å². The van der Waals surface area contributed by atoms with Gasteiger partial charge < -0.3 is 4.52 Å². The summed E-state index contributed by atoms with van der Waals surface area (Å²) >= 11 is 5.80.